The van der Waals surface area contributed by atoms with Crippen molar-refractivity contribution in [1.29, 1.82) is 0 Å². The number of ether oxygens (including phenoxy) is 1. The first-order valence-corrected chi connectivity index (χ1v) is 9.87. The third-order valence-corrected chi connectivity index (χ3v) is 5.31. The minimum absolute atomic E-state index is 0.0184. The van der Waals surface area contributed by atoms with Gasteiger partial charge in [-0.1, -0.05) is 48.0 Å². The van der Waals surface area contributed by atoms with E-state index in [9.17, 15) is 14.0 Å². The summed E-state index contributed by atoms with van der Waals surface area (Å²) in [5.74, 6) is -0.926. The minimum atomic E-state index is -0.504. The number of hydrogen-bond donors (Lipinski definition) is 1. The van der Waals surface area contributed by atoms with Gasteiger partial charge in [-0.15, -0.1) is 0 Å². The summed E-state index contributed by atoms with van der Waals surface area (Å²) in [5.41, 5.74) is 1.87. The molecule has 0 saturated carbocycles. The molecule has 1 aliphatic heterocycles. The summed E-state index contributed by atoms with van der Waals surface area (Å²) in [5, 5.41) is 3.45. The number of amides is 2. The molecular formula is C24H18ClFN2O3. The highest BCUT2D eigenvalue weighted by atomic mass is 35.5. The number of carbonyl (C=O) groups is 2. The van der Waals surface area contributed by atoms with Crippen LogP contribution in [0.25, 0.3) is 5.57 Å². The molecule has 0 fully saturated rings. The predicted octanol–water partition coefficient (Wildman–Crippen LogP) is 4.88. The van der Waals surface area contributed by atoms with Crippen LogP contribution < -0.4 is 10.1 Å². The Morgan fingerprint density at radius 1 is 0.935 bits per heavy atom. The van der Waals surface area contributed by atoms with Crippen LogP contribution in [0.15, 0.2) is 78.5 Å². The van der Waals surface area contributed by atoms with Gasteiger partial charge in [0.25, 0.3) is 11.8 Å². The van der Waals surface area contributed by atoms with E-state index in [1.807, 2.05) is 0 Å². The fourth-order valence-corrected chi connectivity index (χ4v) is 3.61. The Balaban J connectivity index is 1.79. The van der Waals surface area contributed by atoms with E-state index in [0.717, 1.165) is 4.90 Å². The summed E-state index contributed by atoms with van der Waals surface area (Å²) in [4.78, 5) is 27.9. The molecule has 0 atom stereocenters. The second kappa shape index (κ2) is 8.62. The molecule has 3 aromatic rings. The summed E-state index contributed by atoms with van der Waals surface area (Å²) in [6.07, 6.45) is 0. The highest BCUT2D eigenvalue weighted by Gasteiger charge is 2.40. The van der Waals surface area contributed by atoms with Crippen molar-refractivity contribution in [2.24, 2.45) is 0 Å². The van der Waals surface area contributed by atoms with Crippen LogP contribution in [0.4, 0.5) is 10.1 Å². The van der Waals surface area contributed by atoms with E-state index < -0.39 is 17.6 Å². The molecule has 0 radical (unpaired) electrons. The van der Waals surface area contributed by atoms with Crippen molar-refractivity contribution in [2.45, 2.75) is 6.54 Å². The number of para-hydroxylation sites is 1. The van der Waals surface area contributed by atoms with Gasteiger partial charge in [-0.2, -0.15) is 0 Å². The van der Waals surface area contributed by atoms with Gasteiger partial charge in [0.2, 0.25) is 0 Å². The molecule has 2 amide bonds. The van der Waals surface area contributed by atoms with Crippen LogP contribution in [0.2, 0.25) is 5.02 Å². The summed E-state index contributed by atoms with van der Waals surface area (Å²) in [7, 11) is 1.50. The molecule has 7 heteroatoms. The van der Waals surface area contributed by atoms with Crippen molar-refractivity contribution in [3.8, 4) is 5.75 Å². The molecule has 0 bridgehead atoms. The molecule has 1 N–H and O–H groups in total. The first kappa shape index (κ1) is 20.6. The summed E-state index contributed by atoms with van der Waals surface area (Å²) < 4.78 is 18.7. The van der Waals surface area contributed by atoms with Gasteiger partial charge in [0.05, 0.1) is 19.2 Å². The van der Waals surface area contributed by atoms with Gasteiger partial charge in [-0.3, -0.25) is 14.5 Å². The Morgan fingerprint density at radius 2 is 1.61 bits per heavy atom. The smallest absolute Gasteiger partial charge is 0.278 e. The van der Waals surface area contributed by atoms with E-state index in [1.54, 1.807) is 48.5 Å². The normalized spacial score (nSPS) is 13.7. The summed E-state index contributed by atoms with van der Waals surface area (Å²) >= 11 is 6.25. The van der Waals surface area contributed by atoms with E-state index in [2.05, 4.69) is 5.32 Å². The van der Waals surface area contributed by atoms with Crippen LogP contribution in [0.5, 0.6) is 5.75 Å². The molecule has 1 heterocycles. The van der Waals surface area contributed by atoms with Gasteiger partial charge in [-0.05, 0) is 42.0 Å². The van der Waals surface area contributed by atoms with Crippen LogP contribution in [0.3, 0.4) is 0 Å². The number of carbonyl (C=O) groups excluding carboxylic acids is 2. The topological polar surface area (TPSA) is 58.6 Å². The standard InChI is InChI=1S/C24H18ClFN2O3/c1-31-20-9-5-3-7-18(20)21-22(27-17-12-10-16(26)11-13-17)24(30)28(23(21)29)14-15-6-2-4-8-19(15)25/h2-13,27H,14H2,1H3. The summed E-state index contributed by atoms with van der Waals surface area (Å²) in [6.45, 7) is 0.0184. The minimum Gasteiger partial charge on any atom is -0.496 e. The number of rotatable bonds is 6. The maximum atomic E-state index is 13.4. The van der Waals surface area contributed by atoms with Crippen molar-refractivity contribution in [3.63, 3.8) is 0 Å². The quantitative estimate of drug-likeness (QED) is 0.559. The number of anilines is 1. The van der Waals surface area contributed by atoms with E-state index in [-0.39, 0.29) is 17.8 Å². The lowest BCUT2D eigenvalue weighted by atomic mass is 10.0. The Labute approximate surface area is 183 Å². The maximum absolute atomic E-state index is 13.4. The predicted molar refractivity (Wildman–Crippen MR) is 117 cm³/mol. The van der Waals surface area contributed by atoms with Crippen molar-refractivity contribution < 1.29 is 18.7 Å². The van der Waals surface area contributed by atoms with E-state index in [0.29, 0.717) is 27.6 Å². The summed E-state index contributed by atoms with van der Waals surface area (Å²) in [6, 6.07) is 19.5. The lowest BCUT2D eigenvalue weighted by Gasteiger charge is -2.16. The van der Waals surface area contributed by atoms with Gasteiger partial charge in [0.15, 0.2) is 0 Å². The van der Waals surface area contributed by atoms with Gasteiger partial charge in [0.1, 0.15) is 17.3 Å². The van der Waals surface area contributed by atoms with Crippen molar-refractivity contribution in [3.05, 3.63) is 100 Å². The van der Waals surface area contributed by atoms with Crippen LogP contribution in [-0.2, 0) is 16.1 Å². The molecule has 0 aromatic heterocycles. The van der Waals surface area contributed by atoms with Crippen molar-refractivity contribution >= 4 is 34.7 Å². The molecule has 0 aliphatic carbocycles. The third kappa shape index (κ3) is 4.02. The lowest BCUT2D eigenvalue weighted by Crippen LogP contribution is -2.32. The van der Waals surface area contributed by atoms with Crippen LogP contribution in [-0.4, -0.2) is 23.8 Å². The van der Waals surface area contributed by atoms with Gasteiger partial charge in [-0.25, -0.2) is 4.39 Å². The molecular weight excluding hydrogens is 419 g/mol. The molecule has 5 nitrogen and oxygen atoms in total. The number of nitrogens with one attached hydrogen (secondary N) is 1. The molecule has 4 rings (SSSR count). The molecule has 0 saturated heterocycles. The molecule has 0 unspecified atom stereocenters. The highest BCUT2D eigenvalue weighted by Crippen LogP contribution is 2.36. The first-order chi connectivity index (χ1) is 15.0. The van der Waals surface area contributed by atoms with Crippen LogP contribution >= 0.6 is 11.6 Å². The zero-order valence-corrected chi connectivity index (χ0v) is 17.3. The molecule has 1 aliphatic rings. The van der Waals surface area contributed by atoms with E-state index in [1.165, 1.54) is 31.4 Å². The fraction of sp³-hybridized carbons (Fsp3) is 0.0833. The van der Waals surface area contributed by atoms with Crippen molar-refractivity contribution in [1.82, 2.24) is 4.90 Å². The van der Waals surface area contributed by atoms with Gasteiger partial charge < -0.3 is 10.1 Å². The fourth-order valence-electron chi connectivity index (χ4n) is 3.41. The zero-order valence-electron chi connectivity index (χ0n) is 16.6. The molecule has 156 valence electrons. The first-order valence-electron chi connectivity index (χ1n) is 9.49. The number of benzene rings is 3. The lowest BCUT2D eigenvalue weighted by molar-refractivity contribution is -0.137. The van der Waals surface area contributed by atoms with E-state index in [4.69, 9.17) is 16.3 Å². The number of imide groups is 1. The molecule has 0 spiro atoms. The van der Waals surface area contributed by atoms with Crippen LogP contribution in [0, 0.1) is 5.82 Å². The number of methoxy groups -OCH3 is 1. The average Bonchev–Trinajstić information content (AvgIpc) is 3.00. The maximum Gasteiger partial charge on any atom is 0.278 e. The molecule has 3 aromatic carbocycles. The van der Waals surface area contributed by atoms with E-state index >= 15 is 0 Å². The Bertz CT molecular complexity index is 1190. The second-order valence-corrected chi connectivity index (χ2v) is 7.28. The average molecular weight is 437 g/mol. The SMILES string of the molecule is COc1ccccc1C1=C(Nc2ccc(F)cc2)C(=O)N(Cc2ccccc2Cl)C1=O. The Kier molecular flexibility index (Phi) is 5.73. The third-order valence-electron chi connectivity index (χ3n) is 4.94. The van der Waals surface area contributed by atoms with Crippen LogP contribution in [0.1, 0.15) is 11.1 Å². The van der Waals surface area contributed by atoms with Gasteiger partial charge in [0, 0.05) is 16.3 Å². The molecule has 31 heavy (non-hydrogen) atoms. The largest absolute Gasteiger partial charge is 0.496 e. The monoisotopic (exact) mass is 436 g/mol. The Morgan fingerprint density at radius 3 is 2.32 bits per heavy atom. The van der Waals surface area contributed by atoms with Crippen molar-refractivity contribution in [2.75, 3.05) is 12.4 Å². The number of nitrogens with zero attached hydrogens (tertiary/aromatic N) is 1. The Hall–Kier alpha value is -3.64. The van der Waals surface area contributed by atoms with Gasteiger partial charge >= 0.3 is 0 Å². The number of hydrogen-bond acceptors (Lipinski definition) is 4. The highest BCUT2D eigenvalue weighted by molar-refractivity contribution is 6.37. The number of halogens is 2. The zero-order chi connectivity index (χ0) is 22.0. The second-order valence-electron chi connectivity index (χ2n) is 6.87.